The van der Waals surface area contributed by atoms with E-state index in [1.54, 1.807) is 13.1 Å². The van der Waals surface area contributed by atoms with Gasteiger partial charge in [0.15, 0.2) is 0 Å². The number of amidine groups is 1. The standard InChI is InChI=1S/C20H27F2N3/c1-5-6-7-9-16(2)17(3)11-12-19(23)20(24-4)25-18(13-15-22)10-8-14-21/h5-10,13,23H,1,3,11-12,14-15H2,2,4H3,(H,24,25)/b7-6-,10-8-,16-9+,18-13+,23-19?. The highest BCUT2D eigenvalue weighted by Crippen LogP contribution is 2.14. The van der Waals surface area contributed by atoms with Gasteiger partial charge in [-0.25, -0.2) is 8.78 Å². The fraction of sp³-hybridized carbons (Fsp3) is 0.300. The summed E-state index contributed by atoms with van der Waals surface area (Å²) in [4.78, 5) is 4.03. The summed E-state index contributed by atoms with van der Waals surface area (Å²) in [7, 11) is 1.54. The van der Waals surface area contributed by atoms with Crippen LogP contribution in [0.5, 0.6) is 0 Å². The van der Waals surface area contributed by atoms with Crippen LogP contribution in [0, 0.1) is 5.41 Å². The molecular formula is C20H27F2N3. The second-order valence-corrected chi connectivity index (χ2v) is 5.12. The third-order valence-corrected chi connectivity index (χ3v) is 3.28. The van der Waals surface area contributed by atoms with Gasteiger partial charge in [-0.1, -0.05) is 49.1 Å². The van der Waals surface area contributed by atoms with Crippen LogP contribution in [0.1, 0.15) is 19.8 Å². The van der Waals surface area contributed by atoms with E-state index in [1.807, 2.05) is 25.2 Å². The monoisotopic (exact) mass is 347 g/mol. The van der Waals surface area contributed by atoms with Crippen LogP contribution in [0.25, 0.3) is 0 Å². The van der Waals surface area contributed by atoms with Gasteiger partial charge in [-0.05, 0) is 37.5 Å². The van der Waals surface area contributed by atoms with E-state index in [1.165, 1.54) is 18.2 Å². The molecule has 5 heteroatoms. The van der Waals surface area contributed by atoms with Crippen molar-refractivity contribution in [1.29, 1.82) is 5.41 Å². The zero-order chi connectivity index (χ0) is 19.1. The number of nitrogens with zero attached hydrogens (tertiary/aromatic N) is 1. The minimum absolute atomic E-state index is 0.275. The lowest BCUT2D eigenvalue weighted by atomic mass is 10.0. The van der Waals surface area contributed by atoms with Crippen molar-refractivity contribution in [3.8, 4) is 0 Å². The van der Waals surface area contributed by atoms with Crippen molar-refractivity contribution in [1.82, 2.24) is 5.32 Å². The van der Waals surface area contributed by atoms with Crippen molar-refractivity contribution >= 4 is 11.5 Å². The zero-order valence-corrected chi connectivity index (χ0v) is 15.0. The summed E-state index contributed by atoms with van der Waals surface area (Å²) >= 11 is 0. The second-order valence-electron chi connectivity index (χ2n) is 5.12. The van der Waals surface area contributed by atoms with Crippen LogP contribution in [0.3, 0.4) is 0 Å². The topological polar surface area (TPSA) is 48.2 Å². The third kappa shape index (κ3) is 10.0. The smallest absolute Gasteiger partial charge is 0.146 e. The number of halogens is 2. The van der Waals surface area contributed by atoms with Crippen molar-refractivity contribution in [2.75, 3.05) is 20.4 Å². The largest absolute Gasteiger partial charge is 0.339 e. The Morgan fingerprint density at radius 1 is 1.20 bits per heavy atom. The summed E-state index contributed by atoms with van der Waals surface area (Å²) in [5, 5.41) is 11.0. The van der Waals surface area contributed by atoms with Crippen LogP contribution >= 0.6 is 0 Å². The number of hydrogen-bond donors (Lipinski definition) is 2. The molecule has 0 rings (SSSR count). The summed E-state index contributed by atoms with van der Waals surface area (Å²) in [6.45, 7) is 8.25. The van der Waals surface area contributed by atoms with E-state index in [9.17, 15) is 8.78 Å². The number of aliphatic imine (C=N–C) groups is 1. The minimum atomic E-state index is -0.692. The Morgan fingerprint density at radius 3 is 2.48 bits per heavy atom. The number of nitrogens with one attached hydrogen (secondary N) is 2. The molecular weight excluding hydrogens is 320 g/mol. The van der Waals surface area contributed by atoms with Gasteiger partial charge in [-0.2, -0.15) is 0 Å². The van der Waals surface area contributed by atoms with Gasteiger partial charge in [0.25, 0.3) is 0 Å². The Hall–Kier alpha value is -2.56. The highest BCUT2D eigenvalue weighted by atomic mass is 19.1. The summed E-state index contributed by atoms with van der Waals surface area (Å²) < 4.78 is 24.8. The molecule has 136 valence electrons. The van der Waals surface area contributed by atoms with Crippen molar-refractivity contribution in [3.63, 3.8) is 0 Å². The van der Waals surface area contributed by atoms with E-state index >= 15 is 0 Å². The van der Waals surface area contributed by atoms with E-state index in [0.29, 0.717) is 24.4 Å². The van der Waals surface area contributed by atoms with Crippen LogP contribution in [0.15, 0.2) is 77.5 Å². The lowest BCUT2D eigenvalue weighted by Gasteiger charge is -2.12. The molecule has 0 saturated heterocycles. The van der Waals surface area contributed by atoms with E-state index in [-0.39, 0.29) is 5.71 Å². The molecule has 2 N–H and O–H groups in total. The zero-order valence-electron chi connectivity index (χ0n) is 15.0. The molecule has 0 aliphatic carbocycles. The van der Waals surface area contributed by atoms with Crippen molar-refractivity contribution in [3.05, 3.63) is 72.5 Å². The molecule has 25 heavy (non-hydrogen) atoms. The molecule has 0 aromatic heterocycles. The van der Waals surface area contributed by atoms with Crippen LogP contribution < -0.4 is 5.32 Å². The average Bonchev–Trinajstić information content (AvgIpc) is 2.61. The van der Waals surface area contributed by atoms with Gasteiger partial charge in [0, 0.05) is 12.7 Å². The third-order valence-electron chi connectivity index (χ3n) is 3.28. The molecule has 0 amide bonds. The van der Waals surface area contributed by atoms with E-state index in [4.69, 9.17) is 5.41 Å². The Kier molecular flexibility index (Phi) is 12.4. The summed E-state index contributed by atoms with van der Waals surface area (Å²) in [6.07, 6.45) is 12.3. The highest BCUT2D eigenvalue weighted by molar-refractivity contribution is 6.40. The fourth-order valence-corrected chi connectivity index (χ4v) is 1.81. The van der Waals surface area contributed by atoms with E-state index in [2.05, 4.69) is 23.5 Å². The first kappa shape index (κ1) is 22.4. The van der Waals surface area contributed by atoms with Crippen LogP contribution in [-0.2, 0) is 0 Å². The van der Waals surface area contributed by atoms with E-state index < -0.39 is 13.3 Å². The Bertz CT molecular complexity index is 608. The van der Waals surface area contributed by atoms with Gasteiger partial charge in [0.1, 0.15) is 19.2 Å². The maximum absolute atomic E-state index is 12.5. The second kappa shape index (κ2) is 13.8. The van der Waals surface area contributed by atoms with Crippen LogP contribution in [0.4, 0.5) is 8.78 Å². The average molecular weight is 347 g/mol. The molecule has 0 radical (unpaired) electrons. The maximum atomic E-state index is 12.5. The molecule has 0 atom stereocenters. The predicted octanol–water partition coefficient (Wildman–Crippen LogP) is 5.03. The number of rotatable bonds is 11. The van der Waals surface area contributed by atoms with Gasteiger partial charge in [-0.15, -0.1) is 0 Å². The Labute approximate surface area is 149 Å². The minimum Gasteiger partial charge on any atom is -0.339 e. The normalized spacial score (nSPS) is 13.5. The molecule has 0 spiro atoms. The fourth-order valence-electron chi connectivity index (χ4n) is 1.81. The SMILES string of the molecule is C=C/C=C\C=C(/C)C(=C)CCC(=N)C(=NC)NC(/C=C\CF)=C/CF. The molecule has 0 fully saturated rings. The van der Waals surface area contributed by atoms with Crippen molar-refractivity contribution < 1.29 is 8.78 Å². The van der Waals surface area contributed by atoms with Gasteiger partial charge >= 0.3 is 0 Å². The first-order valence-corrected chi connectivity index (χ1v) is 7.94. The lowest BCUT2D eigenvalue weighted by molar-refractivity contribution is 0.557. The lowest BCUT2D eigenvalue weighted by Crippen LogP contribution is -2.30. The Morgan fingerprint density at radius 2 is 1.92 bits per heavy atom. The quantitative estimate of drug-likeness (QED) is 0.307. The van der Waals surface area contributed by atoms with Gasteiger partial charge in [-0.3, -0.25) is 4.99 Å². The first-order chi connectivity index (χ1) is 12.0. The van der Waals surface area contributed by atoms with Crippen molar-refractivity contribution in [2.45, 2.75) is 19.8 Å². The summed E-state index contributed by atoms with van der Waals surface area (Å²) in [6, 6.07) is 0. The van der Waals surface area contributed by atoms with Gasteiger partial charge in [0.2, 0.25) is 0 Å². The highest BCUT2D eigenvalue weighted by Gasteiger charge is 2.09. The molecule has 3 nitrogen and oxygen atoms in total. The molecule has 0 saturated carbocycles. The molecule has 0 heterocycles. The number of hydrogen-bond acceptors (Lipinski definition) is 2. The molecule has 0 bridgehead atoms. The Balaban J connectivity index is 4.80. The van der Waals surface area contributed by atoms with E-state index in [0.717, 1.165) is 11.1 Å². The predicted molar refractivity (Wildman–Crippen MR) is 105 cm³/mol. The molecule has 0 aromatic rings. The van der Waals surface area contributed by atoms with Crippen LogP contribution in [-0.4, -0.2) is 31.9 Å². The molecule has 0 aromatic carbocycles. The molecule has 0 aliphatic heterocycles. The van der Waals surface area contributed by atoms with Gasteiger partial charge in [0.05, 0.1) is 5.71 Å². The number of allylic oxidation sites excluding steroid dienone is 9. The molecule has 0 aliphatic rings. The van der Waals surface area contributed by atoms with Crippen LogP contribution in [0.2, 0.25) is 0 Å². The van der Waals surface area contributed by atoms with Crippen molar-refractivity contribution in [2.24, 2.45) is 4.99 Å². The van der Waals surface area contributed by atoms with Gasteiger partial charge < -0.3 is 10.7 Å². The maximum Gasteiger partial charge on any atom is 0.146 e. The number of alkyl halides is 2. The summed E-state index contributed by atoms with van der Waals surface area (Å²) in [5.74, 6) is 0.323. The summed E-state index contributed by atoms with van der Waals surface area (Å²) in [5.41, 5.74) is 2.59. The first-order valence-electron chi connectivity index (χ1n) is 7.94. The molecule has 0 unspecified atom stereocenters.